The van der Waals surface area contributed by atoms with E-state index in [2.05, 4.69) is 11.9 Å². The van der Waals surface area contributed by atoms with Crippen molar-refractivity contribution in [1.29, 1.82) is 0 Å². The fourth-order valence-electron chi connectivity index (χ4n) is 1.39. The van der Waals surface area contributed by atoms with E-state index in [1.807, 2.05) is 0 Å². The van der Waals surface area contributed by atoms with Gasteiger partial charge in [0.2, 0.25) is 11.8 Å². The highest BCUT2D eigenvalue weighted by Crippen LogP contribution is 2.09. The molecule has 0 aliphatic rings. The van der Waals surface area contributed by atoms with Gasteiger partial charge in [-0.15, -0.1) is 0 Å². The molecule has 0 saturated heterocycles. The lowest BCUT2D eigenvalue weighted by Crippen LogP contribution is -2.47. The van der Waals surface area contributed by atoms with E-state index in [4.69, 9.17) is 4.74 Å². The Hall–Kier alpha value is -1.85. The minimum atomic E-state index is -0.714. The van der Waals surface area contributed by atoms with Gasteiger partial charge in [-0.05, 0) is 33.3 Å². The molecule has 6 nitrogen and oxygen atoms in total. The molecule has 2 amide bonds. The highest BCUT2D eigenvalue weighted by Gasteiger charge is 2.25. The van der Waals surface area contributed by atoms with Crippen molar-refractivity contribution in [2.45, 2.75) is 45.8 Å². The molecule has 20 heavy (non-hydrogen) atoms. The molecule has 0 fully saturated rings. The van der Waals surface area contributed by atoms with E-state index in [0.717, 1.165) is 6.08 Å². The lowest BCUT2D eigenvalue weighted by Gasteiger charge is -2.24. The van der Waals surface area contributed by atoms with Gasteiger partial charge >= 0.3 is 5.97 Å². The van der Waals surface area contributed by atoms with Crippen LogP contribution in [0.2, 0.25) is 0 Å². The zero-order chi connectivity index (χ0) is 15.9. The van der Waals surface area contributed by atoms with Crippen LogP contribution in [0.25, 0.3) is 0 Å². The van der Waals surface area contributed by atoms with Crippen molar-refractivity contribution in [1.82, 2.24) is 10.2 Å². The third kappa shape index (κ3) is 6.92. The minimum absolute atomic E-state index is 0.135. The fraction of sp³-hybridized carbons (Fsp3) is 0.643. The Balaban J connectivity index is 4.50. The first-order valence-electron chi connectivity index (χ1n) is 6.50. The quantitative estimate of drug-likeness (QED) is 0.580. The third-order valence-electron chi connectivity index (χ3n) is 2.37. The van der Waals surface area contributed by atoms with Crippen LogP contribution >= 0.6 is 0 Å². The van der Waals surface area contributed by atoms with Crippen molar-refractivity contribution in [3.63, 3.8) is 0 Å². The summed E-state index contributed by atoms with van der Waals surface area (Å²) in [6.07, 6.45) is 1.54. The molecule has 0 aliphatic heterocycles. The van der Waals surface area contributed by atoms with Gasteiger partial charge in [-0.3, -0.25) is 9.59 Å². The van der Waals surface area contributed by atoms with E-state index < -0.39 is 23.5 Å². The Kier molecular flexibility index (Phi) is 6.96. The van der Waals surface area contributed by atoms with Crippen LogP contribution in [-0.2, 0) is 19.1 Å². The molecule has 0 aromatic carbocycles. The van der Waals surface area contributed by atoms with Crippen LogP contribution in [0.4, 0.5) is 0 Å². The molecule has 0 saturated carbocycles. The smallest absolute Gasteiger partial charge is 0.329 e. The standard InChI is InChI=1S/C14H24N2O4/c1-7-10(13(19)20-14(3,4)5)15-11(17)9-16(6)12(18)8-2/h8,10H,2,7,9H2,1,3-6H3,(H,15,17)/t10-/m0/s1. The summed E-state index contributed by atoms with van der Waals surface area (Å²) in [4.78, 5) is 36.1. The van der Waals surface area contributed by atoms with Crippen LogP contribution < -0.4 is 5.32 Å². The number of likely N-dealkylation sites (N-methyl/N-ethyl adjacent to an activating group) is 1. The summed E-state index contributed by atoms with van der Waals surface area (Å²) >= 11 is 0. The van der Waals surface area contributed by atoms with Gasteiger partial charge < -0.3 is 15.0 Å². The molecule has 0 radical (unpaired) electrons. The van der Waals surface area contributed by atoms with Gasteiger partial charge in [-0.25, -0.2) is 4.79 Å². The molecular formula is C14H24N2O4. The van der Waals surface area contributed by atoms with Gasteiger partial charge in [0.25, 0.3) is 0 Å². The van der Waals surface area contributed by atoms with E-state index >= 15 is 0 Å². The van der Waals surface area contributed by atoms with Gasteiger partial charge in [0.15, 0.2) is 0 Å². The Morgan fingerprint density at radius 3 is 2.30 bits per heavy atom. The van der Waals surface area contributed by atoms with Crippen molar-refractivity contribution >= 4 is 17.8 Å². The van der Waals surface area contributed by atoms with Crippen LogP contribution in [0.5, 0.6) is 0 Å². The number of esters is 1. The molecule has 0 aromatic rings. The Morgan fingerprint density at radius 2 is 1.90 bits per heavy atom. The van der Waals surface area contributed by atoms with Crippen molar-refractivity contribution < 1.29 is 19.1 Å². The van der Waals surface area contributed by atoms with Crippen molar-refractivity contribution in [2.24, 2.45) is 0 Å². The molecule has 0 unspecified atom stereocenters. The number of amides is 2. The van der Waals surface area contributed by atoms with Crippen LogP contribution in [0, 0.1) is 0 Å². The van der Waals surface area contributed by atoms with E-state index in [1.165, 1.54) is 11.9 Å². The van der Waals surface area contributed by atoms with Gasteiger partial charge in [-0.1, -0.05) is 13.5 Å². The van der Waals surface area contributed by atoms with Crippen molar-refractivity contribution in [3.05, 3.63) is 12.7 Å². The maximum atomic E-state index is 11.9. The Bertz CT molecular complexity index is 385. The predicted molar refractivity (Wildman–Crippen MR) is 75.9 cm³/mol. The average molecular weight is 284 g/mol. The second-order valence-electron chi connectivity index (χ2n) is 5.46. The second kappa shape index (κ2) is 7.67. The summed E-state index contributed by atoms with van der Waals surface area (Å²) < 4.78 is 5.21. The number of carbonyl (C=O) groups is 3. The lowest BCUT2D eigenvalue weighted by molar-refractivity contribution is -0.158. The first-order chi connectivity index (χ1) is 9.10. The molecule has 114 valence electrons. The van der Waals surface area contributed by atoms with Crippen LogP contribution in [0.3, 0.4) is 0 Å². The summed E-state index contributed by atoms with van der Waals surface area (Å²) in [5, 5.41) is 2.56. The van der Waals surface area contributed by atoms with E-state index in [0.29, 0.717) is 6.42 Å². The maximum absolute atomic E-state index is 11.9. The number of nitrogens with zero attached hydrogens (tertiary/aromatic N) is 1. The number of hydrogen-bond donors (Lipinski definition) is 1. The molecule has 0 heterocycles. The van der Waals surface area contributed by atoms with Gasteiger partial charge in [0, 0.05) is 7.05 Å². The summed E-state index contributed by atoms with van der Waals surface area (Å²) in [7, 11) is 1.48. The maximum Gasteiger partial charge on any atom is 0.329 e. The highest BCUT2D eigenvalue weighted by atomic mass is 16.6. The summed E-state index contributed by atoms with van der Waals surface area (Å²) in [5.74, 6) is -1.25. The molecule has 0 bridgehead atoms. The molecule has 0 aromatic heterocycles. The fourth-order valence-corrected chi connectivity index (χ4v) is 1.39. The number of hydrogen-bond acceptors (Lipinski definition) is 4. The molecule has 0 spiro atoms. The largest absolute Gasteiger partial charge is 0.458 e. The number of carbonyl (C=O) groups excluding carboxylic acids is 3. The molecule has 1 N–H and O–H groups in total. The van der Waals surface area contributed by atoms with Crippen LogP contribution in [0.15, 0.2) is 12.7 Å². The second-order valence-corrected chi connectivity index (χ2v) is 5.46. The number of ether oxygens (including phenoxy) is 1. The van der Waals surface area contributed by atoms with E-state index in [1.54, 1.807) is 27.7 Å². The summed E-state index contributed by atoms with van der Waals surface area (Å²) in [6, 6.07) is -0.714. The van der Waals surface area contributed by atoms with Crippen molar-refractivity contribution in [3.8, 4) is 0 Å². The predicted octanol–water partition coefficient (Wildman–Crippen LogP) is 0.867. The van der Waals surface area contributed by atoms with Crippen LogP contribution in [-0.4, -0.2) is 47.9 Å². The highest BCUT2D eigenvalue weighted by molar-refractivity contribution is 5.92. The van der Waals surface area contributed by atoms with E-state index in [9.17, 15) is 14.4 Å². The van der Waals surface area contributed by atoms with Crippen LogP contribution in [0.1, 0.15) is 34.1 Å². The monoisotopic (exact) mass is 284 g/mol. The average Bonchev–Trinajstić information content (AvgIpc) is 2.32. The molecular weight excluding hydrogens is 260 g/mol. The Morgan fingerprint density at radius 1 is 1.35 bits per heavy atom. The molecule has 0 aliphatic carbocycles. The van der Waals surface area contributed by atoms with E-state index in [-0.39, 0.29) is 12.5 Å². The first-order valence-corrected chi connectivity index (χ1v) is 6.50. The molecule has 0 rings (SSSR count). The van der Waals surface area contributed by atoms with Gasteiger partial charge in [0.05, 0.1) is 6.54 Å². The summed E-state index contributed by atoms with van der Waals surface area (Å²) in [6.45, 7) is 10.3. The lowest BCUT2D eigenvalue weighted by atomic mass is 10.1. The third-order valence-corrected chi connectivity index (χ3v) is 2.37. The first kappa shape index (κ1) is 18.1. The normalized spacial score (nSPS) is 12.2. The Labute approximate surface area is 120 Å². The zero-order valence-corrected chi connectivity index (χ0v) is 12.9. The molecule has 1 atom stereocenters. The van der Waals surface area contributed by atoms with Gasteiger partial charge in [0.1, 0.15) is 11.6 Å². The molecule has 6 heteroatoms. The topological polar surface area (TPSA) is 75.7 Å². The van der Waals surface area contributed by atoms with Gasteiger partial charge in [-0.2, -0.15) is 0 Å². The number of nitrogens with one attached hydrogen (secondary N) is 1. The minimum Gasteiger partial charge on any atom is -0.458 e. The number of rotatable bonds is 6. The summed E-state index contributed by atoms with van der Waals surface area (Å²) in [5.41, 5.74) is -0.606. The zero-order valence-electron chi connectivity index (χ0n) is 12.9. The SMILES string of the molecule is C=CC(=O)N(C)CC(=O)N[C@@H](CC)C(=O)OC(C)(C)C. The van der Waals surface area contributed by atoms with Crippen molar-refractivity contribution in [2.75, 3.05) is 13.6 Å².